The summed E-state index contributed by atoms with van der Waals surface area (Å²) in [5.41, 5.74) is 0. The first kappa shape index (κ1) is 25.5. The zero-order valence-electron chi connectivity index (χ0n) is 13.5. The van der Waals surface area contributed by atoms with Crippen molar-refractivity contribution in [3.05, 3.63) is 0 Å². The molecule has 0 aromatic carbocycles. The fourth-order valence-corrected chi connectivity index (χ4v) is 2.63. The first-order valence-corrected chi connectivity index (χ1v) is 7.05. The van der Waals surface area contributed by atoms with Crippen molar-refractivity contribution in [1.29, 1.82) is 0 Å². The summed E-state index contributed by atoms with van der Waals surface area (Å²) in [7, 11) is 0. The minimum Gasteiger partial charge on any atom is -0.870 e. The van der Waals surface area contributed by atoms with Crippen LogP contribution < -0.4 is 29.6 Å². The topological polar surface area (TPSA) is 220 Å². The number of aliphatic hydroxyl groups excluding tert-OH is 8. The van der Waals surface area contributed by atoms with Crippen molar-refractivity contribution in [3.63, 3.8) is 0 Å². The van der Waals surface area contributed by atoms with Crippen molar-refractivity contribution >= 4 is 0 Å². The molecule has 2 fully saturated rings. The van der Waals surface area contributed by atoms with Crippen LogP contribution in [0, 0.1) is 0 Å². The fraction of sp³-hybridized carbons (Fsp3) is 1.00. The molecule has 12 nitrogen and oxygen atoms in total. The molecule has 2 saturated heterocycles. The number of rotatable bonds is 5. The predicted octanol–water partition coefficient (Wildman–Crippen LogP) is -8.57. The Balaban J connectivity index is 0.00000288. The second-order valence-electron chi connectivity index (χ2n) is 5.56. The number of aliphatic hydroxyl groups is 8. The van der Waals surface area contributed by atoms with Gasteiger partial charge in [-0.05, 0) is 0 Å². The van der Waals surface area contributed by atoms with Crippen molar-refractivity contribution in [1.82, 2.24) is 0 Å². The van der Waals surface area contributed by atoms with E-state index in [0.717, 1.165) is 0 Å². The summed E-state index contributed by atoms with van der Waals surface area (Å²) in [5, 5.41) is 76.7. The molecular formula is C12H23NaO12. The van der Waals surface area contributed by atoms with E-state index in [-0.39, 0.29) is 35.0 Å². The first-order chi connectivity index (χ1) is 10.8. The van der Waals surface area contributed by atoms with Crippen molar-refractivity contribution in [2.45, 2.75) is 54.8 Å². The third kappa shape index (κ3) is 4.68. The molecule has 9 N–H and O–H groups in total. The fourth-order valence-electron chi connectivity index (χ4n) is 2.63. The molecule has 2 rings (SSSR count). The summed E-state index contributed by atoms with van der Waals surface area (Å²) in [6, 6.07) is 0. The summed E-state index contributed by atoms with van der Waals surface area (Å²) < 4.78 is 15.4. The van der Waals surface area contributed by atoms with Gasteiger partial charge in [-0.2, -0.15) is 0 Å². The summed E-state index contributed by atoms with van der Waals surface area (Å²) >= 11 is 0. The molecule has 0 aliphatic carbocycles. The summed E-state index contributed by atoms with van der Waals surface area (Å²) in [6.07, 6.45) is -12.7. The van der Waals surface area contributed by atoms with E-state index in [1.165, 1.54) is 0 Å². The molecule has 0 bridgehead atoms. The molecule has 13 heteroatoms. The maximum atomic E-state index is 10.00. The predicted molar refractivity (Wildman–Crippen MR) is 70.6 cm³/mol. The summed E-state index contributed by atoms with van der Waals surface area (Å²) in [6.45, 7) is -2.32. The van der Waals surface area contributed by atoms with Gasteiger partial charge in [0, 0.05) is 0 Å². The second-order valence-corrected chi connectivity index (χ2v) is 5.56. The van der Waals surface area contributed by atoms with E-state index in [9.17, 15) is 30.6 Å². The Hall–Kier alpha value is 0.520. The normalized spacial score (nSPS) is 47.0. The van der Waals surface area contributed by atoms with Gasteiger partial charge < -0.3 is 60.5 Å². The van der Waals surface area contributed by atoms with Gasteiger partial charge in [-0.1, -0.05) is 0 Å². The molecule has 0 unspecified atom stereocenters. The van der Waals surface area contributed by atoms with Crippen molar-refractivity contribution in [2.24, 2.45) is 0 Å². The van der Waals surface area contributed by atoms with E-state index in [2.05, 4.69) is 0 Å². The van der Waals surface area contributed by atoms with Gasteiger partial charge in [-0.15, -0.1) is 0 Å². The van der Waals surface area contributed by atoms with Crippen LogP contribution in [0.4, 0.5) is 0 Å². The van der Waals surface area contributed by atoms with Gasteiger partial charge in [0.05, 0.1) is 13.2 Å². The van der Waals surface area contributed by atoms with Gasteiger partial charge in [0.15, 0.2) is 6.29 Å². The Morgan fingerprint density at radius 3 is 1.80 bits per heavy atom. The molecule has 9 atom stereocenters. The maximum absolute atomic E-state index is 10.00. The Morgan fingerprint density at radius 2 is 1.36 bits per heavy atom. The molecular weight excluding hydrogens is 359 g/mol. The van der Waals surface area contributed by atoms with E-state index in [0.29, 0.717) is 0 Å². The average molecular weight is 382 g/mol. The van der Waals surface area contributed by atoms with Gasteiger partial charge in [0.1, 0.15) is 49.3 Å². The average Bonchev–Trinajstić information content (AvgIpc) is 2.80. The van der Waals surface area contributed by atoms with Gasteiger partial charge in [-0.3, -0.25) is 0 Å². The molecule has 0 aromatic rings. The van der Waals surface area contributed by atoms with Crippen LogP contribution in [0.15, 0.2) is 0 Å². The minimum absolute atomic E-state index is 0. The Bertz CT molecular complexity index is 400. The standard InChI is InChI=1S/C12H22O11.Na.H2O/c13-1-4-6(16)8(18)9(19)11(21-4)23-12(3-15)10(20)7(17)5(2-14)22-12;;/h4-11,13-20H,1-3H2;;1H2/q;+1;/p-1/t4-,5-,6-,7-,8+,9-,10+,11-,12+;;/m1../s1. The van der Waals surface area contributed by atoms with Crippen LogP contribution in [0.3, 0.4) is 0 Å². The van der Waals surface area contributed by atoms with Gasteiger partial charge in [0.25, 0.3) is 0 Å². The van der Waals surface area contributed by atoms with Gasteiger partial charge in [0.2, 0.25) is 5.79 Å². The number of hydrogen-bond acceptors (Lipinski definition) is 12. The SMILES string of the molecule is OC[C@H]1O[C@@](CO)(O[C@H]2O[C@H](CO)[C@@H](O)[C@H](O)[C@H]2O)[C@@H](O)[C@@H]1O.[Na+].[OH-]. The van der Waals surface area contributed by atoms with Crippen LogP contribution in [0.25, 0.3) is 0 Å². The summed E-state index contributed by atoms with van der Waals surface area (Å²) in [5.74, 6) is -2.22. The Morgan fingerprint density at radius 1 is 0.800 bits per heavy atom. The van der Waals surface area contributed by atoms with Crippen LogP contribution in [0.5, 0.6) is 0 Å². The van der Waals surface area contributed by atoms with Crippen LogP contribution in [0.1, 0.15) is 0 Å². The largest absolute Gasteiger partial charge is 1.00 e. The van der Waals surface area contributed by atoms with Crippen molar-refractivity contribution in [2.75, 3.05) is 19.8 Å². The monoisotopic (exact) mass is 382 g/mol. The first-order valence-electron chi connectivity index (χ1n) is 7.05. The molecule has 2 heterocycles. The molecule has 2 aliphatic rings. The minimum atomic E-state index is -2.22. The second kappa shape index (κ2) is 10.2. The zero-order chi connectivity index (χ0) is 17.4. The van der Waals surface area contributed by atoms with E-state index in [1.807, 2.05) is 0 Å². The van der Waals surface area contributed by atoms with Gasteiger partial charge in [-0.25, -0.2) is 0 Å². The van der Waals surface area contributed by atoms with Crippen LogP contribution in [-0.2, 0) is 14.2 Å². The third-order valence-electron chi connectivity index (χ3n) is 4.07. The molecule has 0 aromatic heterocycles. The van der Waals surface area contributed by atoms with Crippen molar-refractivity contribution < 1.29 is 90.1 Å². The van der Waals surface area contributed by atoms with Gasteiger partial charge >= 0.3 is 29.6 Å². The molecule has 0 spiro atoms. The Kier molecular flexibility index (Phi) is 10.4. The third-order valence-corrected chi connectivity index (χ3v) is 4.07. The maximum Gasteiger partial charge on any atom is 1.00 e. The van der Waals surface area contributed by atoms with Crippen LogP contribution in [-0.4, -0.2) is 121 Å². The molecule has 0 saturated carbocycles. The number of ether oxygens (including phenoxy) is 3. The Labute approximate surface area is 164 Å². The number of hydrogen-bond donors (Lipinski definition) is 8. The molecule has 25 heavy (non-hydrogen) atoms. The zero-order valence-corrected chi connectivity index (χ0v) is 15.5. The quantitative estimate of drug-likeness (QED) is 0.208. The molecule has 2 aliphatic heterocycles. The van der Waals surface area contributed by atoms with Crippen molar-refractivity contribution in [3.8, 4) is 0 Å². The summed E-state index contributed by atoms with van der Waals surface area (Å²) in [4.78, 5) is 0. The smallest absolute Gasteiger partial charge is 0.870 e. The van der Waals surface area contributed by atoms with Crippen LogP contribution in [0.2, 0.25) is 0 Å². The van der Waals surface area contributed by atoms with E-state index in [4.69, 9.17) is 24.4 Å². The molecule has 144 valence electrons. The molecule has 0 radical (unpaired) electrons. The van der Waals surface area contributed by atoms with E-state index < -0.39 is 74.6 Å². The molecule has 0 amide bonds. The van der Waals surface area contributed by atoms with E-state index in [1.54, 1.807) is 0 Å². The van der Waals surface area contributed by atoms with Crippen LogP contribution >= 0.6 is 0 Å². The van der Waals surface area contributed by atoms with E-state index >= 15 is 0 Å².